The molecule has 0 aliphatic carbocycles. The second kappa shape index (κ2) is 11.3. The van der Waals surface area contributed by atoms with Crippen molar-refractivity contribution in [2.75, 3.05) is 32.5 Å². The van der Waals surface area contributed by atoms with Crippen LogP contribution in [0.5, 0.6) is 0 Å². The highest BCUT2D eigenvalue weighted by Gasteiger charge is 2.22. The van der Waals surface area contributed by atoms with Crippen LogP contribution in [0.1, 0.15) is 44.6 Å². The van der Waals surface area contributed by atoms with Crippen molar-refractivity contribution in [2.24, 2.45) is 10.9 Å². The van der Waals surface area contributed by atoms with E-state index in [0.29, 0.717) is 25.3 Å². The van der Waals surface area contributed by atoms with E-state index in [2.05, 4.69) is 25.8 Å². The number of carbonyl (C=O) groups is 2. The van der Waals surface area contributed by atoms with Crippen molar-refractivity contribution in [3.8, 4) is 0 Å². The second-order valence-electron chi connectivity index (χ2n) is 7.20. The topological polar surface area (TPSA) is 85.8 Å². The van der Waals surface area contributed by atoms with Gasteiger partial charge in [-0.1, -0.05) is 19.1 Å². The maximum absolute atomic E-state index is 11.7. The number of amides is 2. The molecule has 0 unspecified atom stereocenters. The quantitative estimate of drug-likeness (QED) is 0.495. The summed E-state index contributed by atoms with van der Waals surface area (Å²) in [5, 5.41) is 9.02. The lowest BCUT2D eigenvalue weighted by atomic mass is 9.93. The van der Waals surface area contributed by atoms with Crippen LogP contribution < -0.4 is 16.0 Å². The molecular formula is C21H33N5O2. The van der Waals surface area contributed by atoms with Gasteiger partial charge in [-0.2, -0.15) is 0 Å². The predicted molar refractivity (Wildman–Crippen MR) is 113 cm³/mol. The molecule has 0 bridgehead atoms. The molecule has 28 heavy (non-hydrogen) atoms. The summed E-state index contributed by atoms with van der Waals surface area (Å²) in [6.45, 7) is 4.48. The van der Waals surface area contributed by atoms with Crippen LogP contribution in [0.4, 0.5) is 5.69 Å². The molecule has 0 saturated carbocycles. The molecule has 2 rings (SSSR count). The molecule has 1 saturated heterocycles. The minimum atomic E-state index is 0.0496. The predicted octanol–water partition coefficient (Wildman–Crippen LogP) is 2.35. The number of hydrogen-bond acceptors (Lipinski definition) is 3. The number of anilines is 1. The Bertz CT molecular complexity index is 664. The molecule has 154 valence electrons. The lowest BCUT2D eigenvalue weighted by Gasteiger charge is -2.34. The summed E-state index contributed by atoms with van der Waals surface area (Å²) >= 11 is 0. The highest BCUT2D eigenvalue weighted by atomic mass is 16.2. The number of aliphatic imine (C=N–C) groups is 1. The minimum absolute atomic E-state index is 0.0496. The first-order valence-electron chi connectivity index (χ1n) is 10.1. The largest absolute Gasteiger partial charge is 0.359 e. The number of carbonyl (C=O) groups excluding carboxylic acids is 2. The van der Waals surface area contributed by atoms with Gasteiger partial charge in [-0.3, -0.25) is 14.6 Å². The van der Waals surface area contributed by atoms with E-state index in [4.69, 9.17) is 0 Å². The van der Waals surface area contributed by atoms with Gasteiger partial charge in [0.05, 0.1) is 0 Å². The first-order valence-corrected chi connectivity index (χ1v) is 10.1. The summed E-state index contributed by atoms with van der Waals surface area (Å²) in [5.74, 6) is 1.51. The Morgan fingerprint density at radius 2 is 1.82 bits per heavy atom. The van der Waals surface area contributed by atoms with Gasteiger partial charge < -0.3 is 20.9 Å². The van der Waals surface area contributed by atoms with Crippen molar-refractivity contribution < 1.29 is 9.59 Å². The molecule has 7 nitrogen and oxygen atoms in total. The maximum Gasteiger partial charge on any atom is 0.224 e. The minimum Gasteiger partial charge on any atom is -0.359 e. The van der Waals surface area contributed by atoms with Crippen LogP contribution in [-0.2, 0) is 16.1 Å². The van der Waals surface area contributed by atoms with E-state index in [1.165, 1.54) is 0 Å². The normalized spacial score (nSPS) is 15.2. The van der Waals surface area contributed by atoms with Gasteiger partial charge in [-0.05, 0) is 42.9 Å². The van der Waals surface area contributed by atoms with Gasteiger partial charge in [0.2, 0.25) is 11.8 Å². The van der Waals surface area contributed by atoms with E-state index >= 15 is 0 Å². The Balaban J connectivity index is 1.79. The molecule has 1 aliphatic heterocycles. The third-order valence-corrected chi connectivity index (χ3v) is 5.04. The summed E-state index contributed by atoms with van der Waals surface area (Å²) < 4.78 is 0. The Hall–Kier alpha value is -2.57. The number of hydrogen-bond donors (Lipinski definition) is 3. The molecule has 0 radical (unpaired) electrons. The van der Waals surface area contributed by atoms with Gasteiger partial charge in [0.1, 0.15) is 0 Å². The summed E-state index contributed by atoms with van der Waals surface area (Å²) in [6, 6.07) is 7.88. The van der Waals surface area contributed by atoms with E-state index in [0.717, 1.165) is 49.6 Å². The van der Waals surface area contributed by atoms with Crippen molar-refractivity contribution in [3.63, 3.8) is 0 Å². The SMILES string of the molecule is CCCC(=O)Nc1ccc(CNC(=NC)N2CCC(CC(=O)NC)CC2)cc1. The van der Waals surface area contributed by atoms with Crippen molar-refractivity contribution in [2.45, 2.75) is 45.6 Å². The van der Waals surface area contributed by atoms with Gasteiger partial charge in [-0.15, -0.1) is 0 Å². The average molecular weight is 388 g/mol. The number of nitrogens with zero attached hydrogens (tertiary/aromatic N) is 2. The molecule has 1 aliphatic rings. The third kappa shape index (κ3) is 6.87. The number of guanidine groups is 1. The van der Waals surface area contributed by atoms with Crippen molar-refractivity contribution >= 4 is 23.5 Å². The first-order chi connectivity index (χ1) is 13.5. The third-order valence-electron chi connectivity index (χ3n) is 5.04. The monoisotopic (exact) mass is 387 g/mol. The molecule has 0 spiro atoms. The molecule has 1 heterocycles. The molecule has 1 aromatic carbocycles. The number of nitrogens with one attached hydrogen (secondary N) is 3. The fourth-order valence-corrected chi connectivity index (χ4v) is 3.38. The van der Waals surface area contributed by atoms with Crippen LogP contribution in [0.25, 0.3) is 0 Å². The zero-order chi connectivity index (χ0) is 20.4. The average Bonchev–Trinajstić information content (AvgIpc) is 2.71. The molecule has 1 aromatic rings. The number of benzene rings is 1. The van der Waals surface area contributed by atoms with Crippen molar-refractivity contribution in [1.29, 1.82) is 0 Å². The zero-order valence-electron chi connectivity index (χ0n) is 17.3. The van der Waals surface area contributed by atoms with E-state index in [9.17, 15) is 9.59 Å². The molecule has 1 fully saturated rings. The molecule has 3 N–H and O–H groups in total. The fraction of sp³-hybridized carbons (Fsp3) is 0.571. The number of likely N-dealkylation sites (tertiary alicyclic amines) is 1. The first kappa shape index (κ1) is 21.7. The Labute approximate surface area is 168 Å². The molecule has 0 atom stereocenters. The van der Waals surface area contributed by atoms with Crippen LogP contribution in [0.3, 0.4) is 0 Å². The van der Waals surface area contributed by atoms with E-state index in [-0.39, 0.29) is 11.8 Å². The lowest BCUT2D eigenvalue weighted by Crippen LogP contribution is -2.45. The summed E-state index contributed by atoms with van der Waals surface area (Å²) in [4.78, 5) is 29.9. The Morgan fingerprint density at radius 3 is 2.39 bits per heavy atom. The van der Waals surface area contributed by atoms with E-state index < -0.39 is 0 Å². The van der Waals surface area contributed by atoms with Gasteiger partial charge in [0.25, 0.3) is 0 Å². The second-order valence-corrected chi connectivity index (χ2v) is 7.20. The van der Waals surface area contributed by atoms with Crippen LogP contribution in [0, 0.1) is 5.92 Å². The van der Waals surface area contributed by atoms with E-state index in [1.807, 2.05) is 31.2 Å². The lowest BCUT2D eigenvalue weighted by molar-refractivity contribution is -0.121. The molecular weight excluding hydrogens is 354 g/mol. The van der Waals surface area contributed by atoms with Gasteiger partial charge >= 0.3 is 0 Å². The molecule has 7 heteroatoms. The standard InChI is InChI=1S/C21H33N5O2/c1-4-5-19(27)25-18-8-6-17(7-9-18)15-24-21(23-3)26-12-10-16(11-13-26)14-20(28)22-2/h6-9,16H,4-5,10-15H2,1-3H3,(H,22,28)(H,23,24)(H,25,27). The van der Waals surface area contributed by atoms with Gasteiger partial charge in [0.15, 0.2) is 5.96 Å². The van der Waals surface area contributed by atoms with Crippen LogP contribution in [0.2, 0.25) is 0 Å². The smallest absolute Gasteiger partial charge is 0.224 e. The number of rotatable bonds is 7. The summed E-state index contributed by atoms with van der Waals surface area (Å²) in [7, 11) is 3.49. The van der Waals surface area contributed by atoms with Gasteiger partial charge in [-0.25, -0.2) is 0 Å². The van der Waals surface area contributed by atoms with Crippen LogP contribution in [-0.4, -0.2) is 49.9 Å². The highest BCUT2D eigenvalue weighted by Crippen LogP contribution is 2.20. The van der Waals surface area contributed by atoms with Crippen molar-refractivity contribution in [3.05, 3.63) is 29.8 Å². The van der Waals surface area contributed by atoms with Gasteiger partial charge in [0, 0.05) is 52.3 Å². The highest BCUT2D eigenvalue weighted by molar-refractivity contribution is 5.90. The van der Waals surface area contributed by atoms with Crippen LogP contribution >= 0.6 is 0 Å². The zero-order valence-corrected chi connectivity index (χ0v) is 17.3. The number of piperidine rings is 1. The summed E-state index contributed by atoms with van der Waals surface area (Å²) in [6.07, 6.45) is 3.99. The molecule has 0 aromatic heterocycles. The Kier molecular flexibility index (Phi) is 8.78. The maximum atomic E-state index is 11.7. The Morgan fingerprint density at radius 1 is 1.14 bits per heavy atom. The summed E-state index contributed by atoms with van der Waals surface area (Å²) in [5.41, 5.74) is 1.95. The van der Waals surface area contributed by atoms with Crippen molar-refractivity contribution in [1.82, 2.24) is 15.5 Å². The molecule has 2 amide bonds. The fourth-order valence-electron chi connectivity index (χ4n) is 3.38. The van der Waals surface area contributed by atoms with E-state index in [1.54, 1.807) is 14.1 Å². The van der Waals surface area contributed by atoms with Crippen LogP contribution in [0.15, 0.2) is 29.3 Å².